The molecule has 0 aliphatic heterocycles. The highest BCUT2D eigenvalue weighted by Crippen LogP contribution is 2.12. The Labute approximate surface area is 129 Å². The van der Waals surface area contributed by atoms with Crippen LogP contribution >= 0.6 is 0 Å². The molecule has 0 aliphatic rings. The smallest absolute Gasteiger partial charge is 0.326 e. The van der Waals surface area contributed by atoms with Crippen LogP contribution in [0.3, 0.4) is 0 Å². The van der Waals surface area contributed by atoms with Crippen LogP contribution in [0, 0.1) is 13.8 Å². The predicted molar refractivity (Wildman–Crippen MR) is 82.7 cm³/mol. The standard InChI is InChI=1S/C17H18N2O3/c1-11-5-6-13(8-12(11)2)9-15(17(21)22)19-16(20)14-4-3-7-18-10-14/h3-8,10,15H,9H2,1-2H3,(H,19,20)(H,21,22)/t15-/m1/s1. The Morgan fingerprint density at radius 1 is 1.23 bits per heavy atom. The van der Waals surface area contributed by atoms with Gasteiger partial charge >= 0.3 is 5.97 Å². The van der Waals surface area contributed by atoms with Crippen LogP contribution in [0.15, 0.2) is 42.7 Å². The van der Waals surface area contributed by atoms with Gasteiger partial charge < -0.3 is 10.4 Å². The van der Waals surface area contributed by atoms with Crippen molar-refractivity contribution < 1.29 is 14.7 Å². The highest BCUT2D eigenvalue weighted by Gasteiger charge is 2.21. The molecule has 1 atom stereocenters. The molecule has 2 N–H and O–H groups in total. The van der Waals surface area contributed by atoms with Gasteiger partial charge in [-0.1, -0.05) is 18.2 Å². The number of aromatic nitrogens is 1. The number of aliphatic carboxylic acids is 1. The number of hydrogen-bond donors (Lipinski definition) is 2. The van der Waals surface area contributed by atoms with Crippen molar-refractivity contribution in [3.05, 3.63) is 65.0 Å². The van der Waals surface area contributed by atoms with Crippen molar-refractivity contribution in [3.63, 3.8) is 0 Å². The van der Waals surface area contributed by atoms with E-state index in [1.807, 2.05) is 32.0 Å². The summed E-state index contributed by atoms with van der Waals surface area (Å²) in [5, 5.41) is 11.9. The number of carboxylic acids is 1. The lowest BCUT2D eigenvalue weighted by Gasteiger charge is -2.15. The van der Waals surface area contributed by atoms with Crippen LogP contribution in [0.1, 0.15) is 27.0 Å². The maximum atomic E-state index is 12.1. The lowest BCUT2D eigenvalue weighted by molar-refractivity contribution is -0.139. The summed E-state index contributed by atoms with van der Waals surface area (Å²) < 4.78 is 0. The van der Waals surface area contributed by atoms with Gasteiger partial charge in [0.05, 0.1) is 5.56 Å². The molecule has 0 unspecified atom stereocenters. The fourth-order valence-electron chi connectivity index (χ4n) is 2.10. The Morgan fingerprint density at radius 2 is 2.00 bits per heavy atom. The highest BCUT2D eigenvalue weighted by atomic mass is 16.4. The Kier molecular flexibility index (Phi) is 4.88. The minimum atomic E-state index is -1.06. The summed E-state index contributed by atoms with van der Waals surface area (Å²) in [6, 6.07) is 8.03. The summed E-state index contributed by atoms with van der Waals surface area (Å²) in [5.74, 6) is -1.50. The molecule has 22 heavy (non-hydrogen) atoms. The second kappa shape index (κ2) is 6.85. The van der Waals surface area contributed by atoms with Crippen molar-refractivity contribution in [2.75, 3.05) is 0 Å². The third-order valence-corrected chi connectivity index (χ3v) is 3.54. The maximum Gasteiger partial charge on any atom is 0.326 e. The minimum absolute atomic E-state index is 0.239. The second-order valence-electron chi connectivity index (χ2n) is 5.23. The minimum Gasteiger partial charge on any atom is -0.480 e. The molecular weight excluding hydrogens is 280 g/mol. The normalized spacial score (nSPS) is 11.7. The zero-order valence-corrected chi connectivity index (χ0v) is 12.5. The molecule has 0 saturated carbocycles. The molecule has 2 rings (SSSR count). The number of carboxylic acid groups (broad SMARTS) is 1. The van der Waals surface area contributed by atoms with Crippen LogP contribution < -0.4 is 5.32 Å². The van der Waals surface area contributed by atoms with E-state index in [4.69, 9.17) is 0 Å². The van der Waals surface area contributed by atoms with Crippen molar-refractivity contribution in [1.82, 2.24) is 10.3 Å². The van der Waals surface area contributed by atoms with E-state index >= 15 is 0 Å². The molecule has 0 spiro atoms. The third kappa shape index (κ3) is 3.91. The summed E-state index contributed by atoms with van der Waals surface area (Å²) in [6.45, 7) is 3.97. The van der Waals surface area contributed by atoms with Gasteiger partial charge in [-0.15, -0.1) is 0 Å². The molecular formula is C17H18N2O3. The monoisotopic (exact) mass is 298 g/mol. The van der Waals surface area contributed by atoms with Crippen molar-refractivity contribution in [2.24, 2.45) is 0 Å². The molecule has 0 aliphatic carbocycles. The largest absolute Gasteiger partial charge is 0.480 e. The fraction of sp³-hybridized carbons (Fsp3) is 0.235. The van der Waals surface area contributed by atoms with Gasteiger partial charge in [0.25, 0.3) is 5.91 Å². The number of hydrogen-bond acceptors (Lipinski definition) is 3. The first-order valence-electron chi connectivity index (χ1n) is 6.97. The van der Waals surface area contributed by atoms with E-state index in [2.05, 4.69) is 10.3 Å². The van der Waals surface area contributed by atoms with E-state index < -0.39 is 17.9 Å². The molecule has 0 saturated heterocycles. The van der Waals surface area contributed by atoms with Gasteiger partial charge in [0.15, 0.2) is 0 Å². The third-order valence-electron chi connectivity index (χ3n) is 3.54. The first kappa shape index (κ1) is 15.7. The van der Waals surface area contributed by atoms with Crippen molar-refractivity contribution in [1.29, 1.82) is 0 Å². The molecule has 1 heterocycles. The van der Waals surface area contributed by atoms with E-state index in [0.717, 1.165) is 16.7 Å². The van der Waals surface area contributed by atoms with Crippen LogP contribution in [0.2, 0.25) is 0 Å². The molecule has 1 amide bonds. The maximum absolute atomic E-state index is 12.1. The van der Waals surface area contributed by atoms with Crippen LogP contribution in [-0.2, 0) is 11.2 Å². The Balaban J connectivity index is 2.12. The topological polar surface area (TPSA) is 79.3 Å². The first-order valence-corrected chi connectivity index (χ1v) is 6.97. The summed E-state index contributed by atoms with van der Waals surface area (Å²) >= 11 is 0. The highest BCUT2D eigenvalue weighted by molar-refractivity contribution is 5.96. The SMILES string of the molecule is Cc1ccc(C[C@@H](NC(=O)c2cccnc2)C(=O)O)cc1C. The number of nitrogens with zero attached hydrogens (tertiary/aromatic N) is 1. The van der Waals surface area contributed by atoms with Crippen LogP contribution in [0.4, 0.5) is 0 Å². The first-order chi connectivity index (χ1) is 10.5. The van der Waals surface area contributed by atoms with Gasteiger partial charge in [-0.3, -0.25) is 9.78 Å². The molecule has 2 aromatic rings. The van der Waals surface area contributed by atoms with Crippen molar-refractivity contribution >= 4 is 11.9 Å². The Bertz CT molecular complexity index is 684. The molecule has 114 valence electrons. The number of rotatable bonds is 5. The molecule has 5 heteroatoms. The van der Waals surface area contributed by atoms with E-state index in [1.165, 1.54) is 6.20 Å². The second-order valence-corrected chi connectivity index (χ2v) is 5.23. The van der Waals surface area contributed by atoms with E-state index in [9.17, 15) is 14.7 Å². The Hall–Kier alpha value is -2.69. The van der Waals surface area contributed by atoms with Crippen molar-refractivity contribution in [3.8, 4) is 0 Å². The van der Waals surface area contributed by atoms with Gasteiger partial charge in [0.2, 0.25) is 0 Å². The fourth-order valence-corrected chi connectivity index (χ4v) is 2.10. The van der Waals surface area contributed by atoms with Gasteiger partial charge in [-0.2, -0.15) is 0 Å². The summed E-state index contributed by atoms with van der Waals surface area (Å²) in [6.07, 6.45) is 3.20. The quantitative estimate of drug-likeness (QED) is 0.886. The lowest BCUT2D eigenvalue weighted by atomic mass is 10.0. The van der Waals surface area contributed by atoms with E-state index in [-0.39, 0.29) is 6.42 Å². The molecule has 0 fully saturated rings. The van der Waals surface area contributed by atoms with Gasteiger partial charge in [0.1, 0.15) is 6.04 Å². The summed E-state index contributed by atoms with van der Waals surface area (Å²) in [7, 11) is 0. The molecule has 0 radical (unpaired) electrons. The molecule has 1 aromatic heterocycles. The van der Waals surface area contributed by atoms with Gasteiger partial charge in [0, 0.05) is 18.8 Å². The zero-order valence-electron chi connectivity index (χ0n) is 12.5. The summed E-state index contributed by atoms with van der Waals surface area (Å²) in [4.78, 5) is 27.3. The number of carbonyl (C=O) groups is 2. The average molecular weight is 298 g/mol. The Morgan fingerprint density at radius 3 is 2.59 bits per heavy atom. The number of amides is 1. The zero-order chi connectivity index (χ0) is 16.1. The molecule has 1 aromatic carbocycles. The van der Waals surface area contributed by atoms with E-state index in [1.54, 1.807) is 18.3 Å². The number of carbonyl (C=O) groups excluding carboxylic acids is 1. The van der Waals surface area contributed by atoms with Crippen molar-refractivity contribution in [2.45, 2.75) is 26.3 Å². The number of benzene rings is 1. The molecule has 0 bridgehead atoms. The summed E-state index contributed by atoms with van der Waals surface area (Å²) in [5.41, 5.74) is 3.46. The molecule has 5 nitrogen and oxygen atoms in total. The van der Waals surface area contributed by atoms with Crippen LogP contribution in [0.25, 0.3) is 0 Å². The van der Waals surface area contributed by atoms with Gasteiger partial charge in [-0.25, -0.2) is 4.79 Å². The van der Waals surface area contributed by atoms with Gasteiger partial charge in [-0.05, 0) is 42.7 Å². The van der Waals surface area contributed by atoms with E-state index in [0.29, 0.717) is 5.56 Å². The lowest BCUT2D eigenvalue weighted by Crippen LogP contribution is -2.42. The van der Waals surface area contributed by atoms with Crippen LogP contribution in [0.5, 0.6) is 0 Å². The predicted octanol–water partition coefficient (Wildman–Crippen LogP) is 2.12. The number of aryl methyl sites for hydroxylation is 2. The van der Waals surface area contributed by atoms with Crippen LogP contribution in [-0.4, -0.2) is 28.0 Å². The number of pyridine rings is 1. The number of nitrogens with one attached hydrogen (secondary N) is 1. The average Bonchev–Trinajstić information content (AvgIpc) is 2.51.